The minimum Gasteiger partial charge on any atom is -0.353 e. The van der Waals surface area contributed by atoms with Crippen LogP contribution >= 0.6 is 11.3 Å². The molecule has 3 aromatic rings. The quantitative estimate of drug-likeness (QED) is 0.716. The van der Waals surface area contributed by atoms with Gasteiger partial charge in [0, 0.05) is 32.2 Å². The second kappa shape index (κ2) is 7.80. The molecule has 2 aromatic heterocycles. The first kappa shape index (κ1) is 18.7. The summed E-state index contributed by atoms with van der Waals surface area (Å²) < 4.78 is 0. The first-order chi connectivity index (χ1) is 13.5. The number of nitrogens with zero attached hydrogens (tertiary/aromatic N) is 3. The molecule has 0 unspecified atom stereocenters. The number of anilines is 1. The fraction of sp³-hybridized carbons (Fsp3) is 0.364. The lowest BCUT2D eigenvalue weighted by molar-refractivity contribution is 0.0771. The molecule has 1 amide bonds. The van der Waals surface area contributed by atoms with Crippen LogP contribution in [0, 0.1) is 20.8 Å². The van der Waals surface area contributed by atoms with Crippen LogP contribution < -0.4 is 4.90 Å². The molecule has 0 radical (unpaired) electrons. The van der Waals surface area contributed by atoms with E-state index in [0.717, 1.165) is 60.1 Å². The molecule has 1 aliphatic rings. The summed E-state index contributed by atoms with van der Waals surface area (Å²) in [6.07, 6.45) is 0.946. The number of carbonyl (C=O) groups excluding carboxylic acids is 1. The monoisotopic (exact) mass is 394 g/mol. The molecule has 5 nitrogen and oxygen atoms in total. The summed E-state index contributed by atoms with van der Waals surface area (Å²) in [5, 5.41) is 9.71. The molecule has 0 bridgehead atoms. The fourth-order valence-corrected chi connectivity index (χ4v) is 4.51. The van der Waals surface area contributed by atoms with Gasteiger partial charge in [0.2, 0.25) is 0 Å². The van der Waals surface area contributed by atoms with Gasteiger partial charge in [-0.2, -0.15) is 5.10 Å². The van der Waals surface area contributed by atoms with Gasteiger partial charge in [-0.05, 0) is 67.0 Å². The maximum atomic E-state index is 12.8. The van der Waals surface area contributed by atoms with Crippen LogP contribution in [0.25, 0.3) is 11.3 Å². The molecule has 0 saturated carbocycles. The lowest BCUT2D eigenvalue weighted by Gasteiger charge is -2.21. The number of carbonyl (C=O) groups is 1. The predicted molar refractivity (Wildman–Crippen MR) is 115 cm³/mol. The Morgan fingerprint density at radius 1 is 1.00 bits per heavy atom. The first-order valence-corrected chi connectivity index (χ1v) is 10.6. The molecule has 1 aliphatic heterocycles. The summed E-state index contributed by atoms with van der Waals surface area (Å²) in [5.41, 5.74) is 5.83. The molecule has 1 aromatic carbocycles. The Balaban J connectivity index is 1.46. The van der Waals surface area contributed by atoms with Crippen LogP contribution in [0.1, 0.15) is 32.8 Å². The molecule has 3 heterocycles. The number of benzene rings is 1. The van der Waals surface area contributed by atoms with Gasteiger partial charge in [-0.25, -0.2) is 0 Å². The second-order valence-corrected chi connectivity index (χ2v) is 8.42. The van der Waals surface area contributed by atoms with Crippen LogP contribution in [0.3, 0.4) is 0 Å². The van der Waals surface area contributed by atoms with Gasteiger partial charge in [-0.1, -0.05) is 12.1 Å². The SMILES string of the molecule is Cc1ccc(-c2cc(N3CCCN(C(=O)c4sccc4C)CC3)n[nH]2)cc1C. The molecule has 146 valence electrons. The van der Waals surface area contributed by atoms with Crippen molar-refractivity contribution in [2.45, 2.75) is 27.2 Å². The highest BCUT2D eigenvalue weighted by Gasteiger charge is 2.23. The largest absolute Gasteiger partial charge is 0.353 e. The lowest BCUT2D eigenvalue weighted by Crippen LogP contribution is -2.35. The highest BCUT2D eigenvalue weighted by atomic mass is 32.1. The molecule has 6 heteroatoms. The molecular formula is C22H26N4OS. The third kappa shape index (κ3) is 3.69. The number of nitrogens with one attached hydrogen (secondary N) is 1. The molecule has 28 heavy (non-hydrogen) atoms. The van der Waals surface area contributed by atoms with E-state index in [2.05, 4.69) is 53.2 Å². The third-order valence-corrected chi connectivity index (χ3v) is 6.55. The van der Waals surface area contributed by atoms with E-state index in [1.807, 2.05) is 23.3 Å². The van der Waals surface area contributed by atoms with Crippen molar-refractivity contribution < 1.29 is 4.79 Å². The third-order valence-electron chi connectivity index (χ3n) is 5.55. The fourth-order valence-electron chi connectivity index (χ4n) is 3.62. The average Bonchev–Trinajstić information content (AvgIpc) is 3.27. The number of aromatic nitrogens is 2. The number of hydrogen-bond acceptors (Lipinski definition) is 4. The van der Waals surface area contributed by atoms with Crippen LogP contribution in [0.15, 0.2) is 35.7 Å². The summed E-state index contributed by atoms with van der Waals surface area (Å²) in [7, 11) is 0. The Hall–Kier alpha value is -2.60. The number of H-pyrrole nitrogens is 1. The van der Waals surface area contributed by atoms with Gasteiger partial charge in [0.15, 0.2) is 5.82 Å². The van der Waals surface area contributed by atoms with Crippen molar-refractivity contribution in [3.05, 3.63) is 57.3 Å². The smallest absolute Gasteiger partial charge is 0.264 e. The number of thiophene rings is 1. The zero-order valence-electron chi connectivity index (χ0n) is 16.7. The summed E-state index contributed by atoms with van der Waals surface area (Å²) in [5.74, 6) is 1.11. The van der Waals surface area contributed by atoms with Gasteiger partial charge in [0.1, 0.15) is 0 Å². The van der Waals surface area contributed by atoms with Gasteiger partial charge in [-0.15, -0.1) is 11.3 Å². The van der Waals surface area contributed by atoms with Gasteiger partial charge in [-0.3, -0.25) is 9.89 Å². The Morgan fingerprint density at radius 3 is 2.61 bits per heavy atom. The van der Waals surface area contributed by atoms with Crippen LogP contribution in [-0.4, -0.2) is 47.2 Å². The zero-order valence-corrected chi connectivity index (χ0v) is 17.5. The summed E-state index contributed by atoms with van der Waals surface area (Å²) in [6, 6.07) is 10.6. The van der Waals surface area contributed by atoms with Crippen LogP contribution in [0.4, 0.5) is 5.82 Å². The van der Waals surface area contributed by atoms with Crippen molar-refractivity contribution in [2.24, 2.45) is 0 Å². The zero-order chi connectivity index (χ0) is 19.7. The molecule has 0 aliphatic carbocycles. The van der Waals surface area contributed by atoms with Gasteiger partial charge >= 0.3 is 0 Å². The van der Waals surface area contributed by atoms with Crippen molar-refractivity contribution in [2.75, 3.05) is 31.1 Å². The van der Waals surface area contributed by atoms with Crippen LogP contribution in [0.2, 0.25) is 0 Å². The van der Waals surface area contributed by atoms with Crippen molar-refractivity contribution in [3.63, 3.8) is 0 Å². The number of rotatable bonds is 3. The topological polar surface area (TPSA) is 52.2 Å². The Bertz CT molecular complexity index is 990. The number of amides is 1. The van der Waals surface area contributed by atoms with Crippen LogP contribution in [-0.2, 0) is 0 Å². The van der Waals surface area contributed by atoms with E-state index in [1.54, 1.807) is 0 Å². The maximum Gasteiger partial charge on any atom is 0.264 e. The van der Waals surface area contributed by atoms with E-state index in [-0.39, 0.29) is 5.91 Å². The van der Waals surface area contributed by atoms with Gasteiger partial charge < -0.3 is 9.80 Å². The standard InChI is InChI=1S/C22H26N4OS/c1-15-5-6-18(13-17(15)3)19-14-20(24-23-19)25-8-4-9-26(11-10-25)22(27)21-16(2)7-12-28-21/h5-7,12-14H,4,8-11H2,1-3H3,(H,23,24). The normalized spacial score (nSPS) is 15.0. The highest BCUT2D eigenvalue weighted by Crippen LogP contribution is 2.25. The first-order valence-electron chi connectivity index (χ1n) is 9.74. The van der Waals surface area contributed by atoms with E-state index >= 15 is 0 Å². The second-order valence-electron chi connectivity index (χ2n) is 7.50. The number of hydrogen-bond donors (Lipinski definition) is 1. The Kier molecular flexibility index (Phi) is 5.22. The molecule has 1 saturated heterocycles. The molecule has 4 rings (SSSR count). The van der Waals surface area contributed by atoms with E-state index in [9.17, 15) is 4.79 Å². The minimum absolute atomic E-state index is 0.159. The van der Waals surface area contributed by atoms with Gasteiger partial charge in [0.25, 0.3) is 5.91 Å². The van der Waals surface area contributed by atoms with Crippen molar-refractivity contribution >= 4 is 23.1 Å². The summed E-state index contributed by atoms with van der Waals surface area (Å²) in [4.78, 5) is 17.9. The molecule has 1 N–H and O–H groups in total. The minimum atomic E-state index is 0.159. The van der Waals surface area contributed by atoms with Crippen LogP contribution in [0.5, 0.6) is 0 Å². The number of aromatic amines is 1. The van der Waals surface area contributed by atoms with Gasteiger partial charge in [0.05, 0.1) is 10.6 Å². The molecule has 0 atom stereocenters. The van der Waals surface area contributed by atoms with E-state index in [0.29, 0.717) is 0 Å². The maximum absolute atomic E-state index is 12.8. The number of aryl methyl sites for hydroxylation is 3. The summed E-state index contributed by atoms with van der Waals surface area (Å²) >= 11 is 1.54. The van der Waals surface area contributed by atoms with E-state index in [1.165, 1.54) is 22.5 Å². The Labute approximate surface area is 170 Å². The van der Waals surface area contributed by atoms with Crippen molar-refractivity contribution in [1.29, 1.82) is 0 Å². The predicted octanol–water partition coefficient (Wildman–Crippen LogP) is 4.42. The summed E-state index contributed by atoms with van der Waals surface area (Å²) in [6.45, 7) is 9.48. The highest BCUT2D eigenvalue weighted by molar-refractivity contribution is 7.12. The van der Waals surface area contributed by atoms with E-state index in [4.69, 9.17) is 0 Å². The average molecular weight is 395 g/mol. The van der Waals surface area contributed by atoms with Crippen molar-refractivity contribution in [1.82, 2.24) is 15.1 Å². The van der Waals surface area contributed by atoms with Crippen molar-refractivity contribution in [3.8, 4) is 11.3 Å². The molecular weight excluding hydrogens is 368 g/mol. The molecule has 0 spiro atoms. The lowest BCUT2D eigenvalue weighted by atomic mass is 10.0. The Morgan fingerprint density at radius 2 is 1.86 bits per heavy atom. The van der Waals surface area contributed by atoms with E-state index < -0.39 is 0 Å². The molecule has 1 fully saturated rings.